The molecule has 2 nitrogen and oxygen atoms in total. The first kappa shape index (κ1) is 15.0. The maximum Gasteiger partial charge on any atom is 0.0441 e. The molecule has 0 bridgehead atoms. The molecule has 0 saturated heterocycles. The van der Waals surface area contributed by atoms with Gasteiger partial charge in [-0.2, -0.15) is 0 Å². The van der Waals surface area contributed by atoms with Gasteiger partial charge in [0.15, 0.2) is 0 Å². The molecule has 0 heterocycles. The largest absolute Gasteiger partial charge is 0.371 e. The standard InChI is InChI=1S/C16H28N2/c1-5-14(6-2)12-18(7-3)16-13(4)9-8-10-15(16)11-17/h8-10,14H,5-7,11-12,17H2,1-4H3. The van der Waals surface area contributed by atoms with Crippen LogP contribution in [0.4, 0.5) is 5.69 Å². The van der Waals surface area contributed by atoms with Crippen molar-refractivity contribution in [3.63, 3.8) is 0 Å². The first-order valence-electron chi connectivity index (χ1n) is 7.21. The predicted molar refractivity (Wildman–Crippen MR) is 81.0 cm³/mol. The summed E-state index contributed by atoms with van der Waals surface area (Å²) in [4.78, 5) is 2.50. The lowest BCUT2D eigenvalue weighted by molar-refractivity contribution is 0.485. The van der Waals surface area contributed by atoms with E-state index in [0.717, 1.165) is 19.0 Å². The Morgan fingerprint density at radius 3 is 2.33 bits per heavy atom. The van der Waals surface area contributed by atoms with Crippen molar-refractivity contribution >= 4 is 5.69 Å². The first-order chi connectivity index (χ1) is 8.67. The van der Waals surface area contributed by atoms with Crippen LogP contribution in [0.15, 0.2) is 18.2 Å². The summed E-state index contributed by atoms with van der Waals surface area (Å²) in [5, 5.41) is 0. The third-order valence-electron chi connectivity index (χ3n) is 3.87. The molecule has 0 radical (unpaired) electrons. The molecule has 0 atom stereocenters. The highest BCUT2D eigenvalue weighted by molar-refractivity contribution is 5.59. The van der Waals surface area contributed by atoms with Gasteiger partial charge >= 0.3 is 0 Å². The van der Waals surface area contributed by atoms with Gasteiger partial charge < -0.3 is 10.6 Å². The van der Waals surface area contributed by atoms with Gasteiger partial charge in [0.05, 0.1) is 0 Å². The lowest BCUT2D eigenvalue weighted by atomic mass is 10.0. The maximum absolute atomic E-state index is 5.88. The second kappa shape index (κ2) is 7.42. The van der Waals surface area contributed by atoms with Gasteiger partial charge in [-0.15, -0.1) is 0 Å². The minimum Gasteiger partial charge on any atom is -0.371 e. The molecule has 0 saturated carbocycles. The van der Waals surface area contributed by atoms with Gasteiger partial charge in [-0.3, -0.25) is 0 Å². The molecule has 102 valence electrons. The van der Waals surface area contributed by atoms with E-state index in [1.165, 1.54) is 29.7 Å². The molecule has 0 amide bonds. The SMILES string of the molecule is CCC(CC)CN(CC)c1c(C)cccc1CN. The second-order valence-electron chi connectivity index (χ2n) is 5.01. The van der Waals surface area contributed by atoms with E-state index in [1.54, 1.807) is 0 Å². The van der Waals surface area contributed by atoms with Crippen molar-refractivity contribution in [3.05, 3.63) is 29.3 Å². The van der Waals surface area contributed by atoms with Gasteiger partial charge in [-0.25, -0.2) is 0 Å². The monoisotopic (exact) mass is 248 g/mol. The van der Waals surface area contributed by atoms with Gasteiger partial charge in [0, 0.05) is 25.3 Å². The zero-order valence-electron chi connectivity index (χ0n) is 12.4. The van der Waals surface area contributed by atoms with Crippen LogP contribution in [0.3, 0.4) is 0 Å². The van der Waals surface area contributed by atoms with Gasteiger partial charge in [0.25, 0.3) is 0 Å². The van der Waals surface area contributed by atoms with Crippen LogP contribution < -0.4 is 10.6 Å². The van der Waals surface area contributed by atoms with Crippen molar-refractivity contribution in [1.82, 2.24) is 0 Å². The van der Waals surface area contributed by atoms with E-state index >= 15 is 0 Å². The number of nitrogens with two attached hydrogens (primary N) is 1. The molecule has 0 fully saturated rings. The number of hydrogen-bond acceptors (Lipinski definition) is 2. The molecule has 0 aliphatic carbocycles. The summed E-state index contributed by atoms with van der Waals surface area (Å²) < 4.78 is 0. The van der Waals surface area contributed by atoms with Gasteiger partial charge in [-0.05, 0) is 30.9 Å². The molecular formula is C16H28N2. The average molecular weight is 248 g/mol. The second-order valence-corrected chi connectivity index (χ2v) is 5.01. The highest BCUT2D eigenvalue weighted by Gasteiger charge is 2.15. The molecular weight excluding hydrogens is 220 g/mol. The number of nitrogens with zero attached hydrogens (tertiary/aromatic N) is 1. The summed E-state index contributed by atoms with van der Waals surface area (Å²) in [6.07, 6.45) is 2.49. The van der Waals surface area contributed by atoms with E-state index in [1.807, 2.05) is 0 Å². The average Bonchev–Trinajstić information content (AvgIpc) is 2.41. The van der Waals surface area contributed by atoms with E-state index in [-0.39, 0.29) is 0 Å². The maximum atomic E-state index is 5.88. The minimum absolute atomic E-state index is 0.621. The molecule has 2 N–H and O–H groups in total. The Labute approximate surface area is 112 Å². The molecule has 1 aromatic carbocycles. The molecule has 0 spiro atoms. The summed E-state index contributed by atoms with van der Waals surface area (Å²) in [6, 6.07) is 6.44. The smallest absolute Gasteiger partial charge is 0.0441 e. The Hall–Kier alpha value is -1.02. The molecule has 18 heavy (non-hydrogen) atoms. The summed E-state index contributed by atoms with van der Waals surface area (Å²) in [5.41, 5.74) is 9.84. The van der Waals surface area contributed by atoms with Crippen LogP contribution in [0.1, 0.15) is 44.7 Å². The number of hydrogen-bond donors (Lipinski definition) is 1. The lowest BCUT2D eigenvalue weighted by Crippen LogP contribution is -2.30. The minimum atomic E-state index is 0.621. The van der Waals surface area contributed by atoms with Crippen molar-refractivity contribution in [3.8, 4) is 0 Å². The fraction of sp³-hybridized carbons (Fsp3) is 0.625. The zero-order valence-corrected chi connectivity index (χ0v) is 12.4. The van der Waals surface area contributed by atoms with E-state index in [0.29, 0.717) is 6.54 Å². The number of rotatable bonds is 7. The van der Waals surface area contributed by atoms with E-state index in [4.69, 9.17) is 5.73 Å². The van der Waals surface area contributed by atoms with E-state index in [9.17, 15) is 0 Å². The molecule has 2 heteroatoms. The topological polar surface area (TPSA) is 29.3 Å². The molecule has 0 aliphatic heterocycles. The molecule has 1 aromatic rings. The first-order valence-corrected chi connectivity index (χ1v) is 7.21. The summed E-state index contributed by atoms with van der Waals surface area (Å²) in [5.74, 6) is 0.773. The van der Waals surface area contributed by atoms with Crippen molar-refractivity contribution in [2.75, 3.05) is 18.0 Å². The van der Waals surface area contributed by atoms with Crippen molar-refractivity contribution in [2.24, 2.45) is 11.7 Å². The quantitative estimate of drug-likeness (QED) is 0.797. The van der Waals surface area contributed by atoms with Crippen molar-refractivity contribution < 1.29 is 0 Å². The summed E-state index contributed by atoms with van der Waals surface area (Å²) >= 11 is 0. The normalized spacial score (nSPS) is 11.0. The van der Waals surface area contributed by atoms with Crippen LogP contribution in [0.5, 0.6) is 0 Å². The van der Waals surface area contributed by atoms with Gasteiger partial charge in [0.1, 0.15) is 0 Å². The Kier molecular flexibility index (Phi) is 6.20. The Bertz CT molecular complexity index is 356. The van der Waals surface area contributed by atoms with Crippen molar-refractivity contribution in [1.29, 1.82) is 0 Å². The number of para-hydroxylation sites is 1. The molecule has 0 aliphatic rings. The molecule has 1 rings (SSSR count). The lowest BCUT2D eigenvalue weighted by Gasteiger charge is -2.30. The predicted octanol–water partition coefficient (Wildman–Crippen LogP) is 3.72. The third-order valence-corrected chi connectivity index (χ3v) is 3.87. The molecule has 0 aromatic heterocycles. The third kappa shape index (κ3) is 3.49. The van der Waals surface area contributed by atoms with Crippen LogP contribution in [0.25, 0.3) is 0 Å². The van der Waals surface area contributed by atoms with Gasteiger partial charge in [-0.1, -0.05) is 44.9 Å². The number of aryl methyl sites for hydroxylation is 1. The van der Waals surface area contributed by atoms with Crippen LogP contribution in [0, 0.1) is 12.8 Å². The highest BCUT2D eigenvalue weighted by Crippen LogP contribution is 2.26. The Morgan fingerprint density at radius 1 is 1.17 bits per heavy atom. The zero-order chi connectivity index (χ0) is 13.5. The summed E-state index contributed by atoms with van der Waals surface area (Å²) in [6.45, 7) is 11.8. The fourth-order valence-corrected chi connectivity index (χ4v) is 2.57. The van der Waals surface area contributed by atoms with Crippen LogP contribution in [-0.2, 0) is 6.54 Å². The van der Waals surface area contributed by atoms with Crippen molar-refractivity contribution in [2.45, 2.75) is 47.1 Å². The number of anilines is 1. The van der Waals surface area contributed by atoms with E-state index < -0.39 is 0 Å². The Balaban J connectivity index is 3.00. The molecule has 0 unspecified atom stereocenters. The Morgan fingerprint density at radius 2 is 1.83 bits per heavy atom. The van der Waals surface area contributed by atoms with Crippen LogP contribution in [-0.4, -0.2) is 13.1 Å². The van der Waals surface area contributed by atoms with Gasteiger partial charge in [0.2, 0.25) is 0 Å². The van der Waals surface area contributed by atoms with Crippen LogP contribution in [0.2, 0.25) is 0 Å². The fourth-order valence-electron chi connectivity index (χ4n) is 2.57. The van der Waals surface area contributed by atoms with Crippen LogP contribution >= 0.6 is 0 Å². The number of benzene rings is 1. The van der Waals surface area contributed by atoms with E-state index in [2.05, 4.69) is 50.8 Å². The summed E-state index contributed by atoms with van der Waals surface area (Å²) in [7, 11) is 0. The highest BCUT2D eigenvalue weighted by atomic mass is 15.1.